The molecule has 2 N–H and O–H groups in total. The zero-order valence-electron chi connectivity index (χ0n) is 13.7. The van der Waals surface area contributed by atoms with Crippen LogP contribution in [0.2, 0.25) is 0 Å². The van der Waals surface area contributed by atoms with Crippen LogP contribution in [0.5, 0.6) is 0 Å². The van der Waals surface area contributed by atoms with Gasteiger partial charge in [0, 0.05) is 22.5 Å². The van der Waals surface area contributed by atoms with Gasteiger partial charge in [-0.2, -0.15) is 0 Å². The van der Waals surface area contributed by atoms with Gasteiger partial charge >= 0.3 is 5.97 Å². The quantitative estimate of drug-likeness (QED) is 0.636. The Morgan fingerprint density at radius 1 is 1.39 bits per heavy atom. The third-order valence-corrected chi connectivity index (χ3v) is 4.03. The molecular weight excluding hydrogens is 292 g/mol. The molecule has 1 amide bonds. The standard InChI is InChI=1S/C18H22N2O3/c1-5-11(2)17(18(22)23-4)20-16(21)10-14-12(3)19-15-9-7-6-8-13(14)15/h5-9,11,17,19H,1,10H2,2-4H3,(H,20,21)/t11-,17+/m0/s1. The molecule has 2 atom stereocenters. The number of carbonyl (C=O) groups is 2. The Labute approximate surface area is 135 Å². The molecule has 23 heavy (non-hydrogen) atoms. The van der Waals surface area contributed by atoms with Crippen molar-refractivity contribution in [3.8, 4) is 0 Å². The summed E-state index contributed by atoms with van der Waals surface area (Å²) < 4.78 is 4.76. The summed E-state index contributed by atoms with van der Waals surface area (Å²) in [6.07, 6.45) is 1.83. The summed E-state index contributed by atoms with van der Waals surface area (Å²) in [7, 11) is 1.31. The lowest BCUT2D eigenvalue weighted by molar-refractivity contribution is -0.146. The van der Waals surface area contributed by atoms with E-state index in [1.165, 1.54) is 7.11 Å². The Morgan fingerprint density at radius 3 is 2.74 bits per heavy atom. The van der Waals surface area contributed by atoms with Crippen LogP contribution >= 0.6 is 0 Å². The maximum atomic E-state index is 12.4. The zero-order chi connectivity index (χ0) is 17.0. The molecule has 0 radical (unpaired) electrons. The third-order valence-electron chi connectivity index (χ3n) is 4.03. The molecule has 2 rings (SSSR count). The van der Waals surface area contributed by atoms with E-state index in [2.05, 4.69) is 16.9 Å². The molecule has 1 aromatic heterocycles. The van der Waals surface area contributed by atoms with Crippen molar-refractivity contribution in [1.82, 2.24) is 10.3 Å². The summed E-state index contributed by atoms with van der Waals surface area (Å²) >= 11 is 0. The summed E-state index contributed by atoms with van der Waals surface area (Å²) in [5.74, 6) is -0.904. The van der Waals surface area contributed by atoms with E-state index in [0.29, 0.717) is 0 Å². The van der Waals surface area contributed by atoms with Crippen molar-refractivity contribution in [3.63, 3.8) is 0 Å². The van der Waals surface area contributed by atoms with Gasteiger partial charge in [-0.15, -0.1) is 6.58 Å². The van der Waals surface area contributed by atoms with E-state index < -0.39 is 12.0 Å². The molecule has 0 saturated carbocycles. The number of H-pyrrole nitrogens is 1. The number of fused-ring (bicyclic) bond motifs is 1. The van der Waals surface area contributed by atoms with E-state index in [1.807, 2.05) is 38.1 Å². The average Bonchev–Trinajstić information content (AvgIpc) is 2.87. The van der Waals surface area contributed by atoms with Crippen LogP contribution in [-0.4, -0.2) is 30.0 Å². The van der Waals surface area contributed by atoms with Gasteiger partial charge < -0.3 is 15.0 Å². The molecule has 5 heteroatoms. The lowest BCUT2D eigenvalue weighted by atomic mass is 10.0. The first-order valence-electron chi connectivity index (χ1n) is 7.53. The number of hydrogen-bond acceptors (Lipinski definition) is 3. The molecule has 0 aliphatic heterocycles. The Morgan fingerprint density at radius 2 is 2.09 bits per heavy atom. The number of esters is 1. The fourth-order valence-electron chi connectivity index (χ4n) is 2.62. The van der Waals surface area contributed by atoms with Crippen molar-refractivity contribution in [2.75, 3.05) is 7.11 Å². The van der Waals surface area contributed by atoms with Crippen LogP contribution in [0.1, 0.15) is 18.2 Å². The maximum Gasteiger partial charge on any atom is 0.328 e. The summed E-state index contributed by atoms with van der Waals surface area (Å²) in [5, 5.41) is 3.77. The Hall–Kier alpha value is -2.56. The van der Waals surface area contributed by atoms with E-state index in [1.54, 1.807) is 6.08 Å². The number of rotatable bonds is 6. The zero-order valence-corrected chi connectivity index (χ0v) is 13.7. The highest BCUT2D eigenvalue weighted by Crippen LogP contribution is 2.22. The van der Waals surface area contributed by atoms with Crippen molar-refractivity contribution < 1.29 is 14.3 Å². The number of aryl methyl sites for hydroxylation is 1. The number of carbonyl (C=O) groups excluding carboxylic acids is 2. The first-order chi connectivity index (χ1) is 11.0. The van der Waals surface area contributed by atoms with Gasteiger partial charge in [0.05, 0.1) is 13.5 Å². The maximum absolute atomic E-state index is 12.4. The number of para-hydroxylation sites is 1. The van der Waals surface area contributed by atoms with Crippen LogP contribution < -0.4 is 5.32 Å². The van der Waals surface area contributed by atoms with E-state index in [9.17, 15) is 9.59 Å². The number of ether oxygens (including phenoxy) is 1. The average molecular weight is 314 g/mol. The minimum absolute atomic E-state index is 0.202. The summed E-state index contributed by atoms with van der Waals surface area (Å²) in [6, 6.07) is 7.11. The fourth-order valence-corrected chi connectivity index (χ4v) is 2.62. The first-order valence-corrected chi connectivity index (χ1v) is 7.53. The van der Waals surface area contributed by atoms with E-state index in [0.717, 1.165) is 22.2 Å². The highest BCUT2D eigenvalue weighted by Gasteiger charge is 2.26. The van der Waals surface area contributed by atoms with E-state index in [-0.39, 0.29) is 18.2 Å². The molecule has 0 saturated heterocycles. The minimum atomic E-state index is -0.726. The van der Waals surface area contributed by atoms with Crippen LogP contribution in [0.15, 0.2) is 36.9 Å². The van der Waals surface area contributed by atoms with Gasteiger partial charge in [-0.3, -0.25) is 4.79 Å². The molecule has 5 nitrogen and oxygen atoms in total. The van der Waals surface area contributed by atoms with Gasteiger partial charge in [0.15, 0.2) is 0 Å². The molecule has 0 aliphatic carbocycles. The lowest BCUT2D eigenvalue weighted by Crippen LogP contribution is -2.45. The molecule has 0 spiro atoms. The van der Waals surface area contributed by atoms with Gasteiger partial charge in [0.1, 0.15) is 6.04 Å². The second-order valence-electron chi connectivity index (χ2n) is 5.61. The predicted octanol–water partition coefficient (Wildman–Crippen LogP) is 2.50. The van der Waals surface area contributed by atoms with Crippen molar-refractivity contribution in [1.29, 1.82) is 0 Å². The van der Waals surface area contributed by atoms with E-state index >= 15 is 0 Å². The smallest absolute Gasteiger partial charge is 0.328 e. The molecule has 2 aromatic rings. The van der Waals surface area contributed by atoms with Gasteiger partial charge in [0.25, 0.3) is 0 Å². The number of hydrogen-bond donors (Lipinski definition) is 2. The number of methoxy groups -OCH3 is 1. The summed E-state index contributed by atoms with van der Waals surface area (Å²) in [4.78, 5) is 27.5. The van der Waals surface area contributed by atoms with Crippen LogP contribution in [0, 0.1) is 12.8 Å². The van der Waals surface area contributed by atoms with Gasteiger partial charge in [-0.1, -0.05) is 31.2 Å². The molecule has 0 fully saturated rings. The minimum Gasteiger partial charge on any atom is -0.467 e. The van der Waals surface area contributed by atoms with Crippen molar-refractivity contribution >= 4 is 22.8 Å². The Bertz CT molecular complexity index is 733. The van der Waals surface area contributed by atoms with Crippen molar-refractivity contribution in [2.24, 2.45) is 5.92 Å². The highest BCUT2D eigenvalue weighted by atomic mass is 16.5. The second kappa shape index (κ2) is 7.13. The fraction of sp³-hybridized carbons (Fsp3) is 0.333. The first kappa shape index (κ1) is 16.8. The molecule has 0 aliphatic rings. The van der Waals surface area contributed by atoms with Crippen molar-refractivity contribution in [3.05, 3.63) is 48.2 Å². The Balaban J connectivity index is 2.18. The topological polar surface area (TPSA) is 71.2 Å². The molecule has 0 bridgehead atoms. The van der Waals surface area contributed by atoms with Crippen LogP contribution in [0.3, 0.4) is 0 Å². The van der Waals surface area contributed by atoms with Crippen LogP contribution in [0.25, 0.3) is 10.9 Å². The van der Waals surface area contributed by atoms with Crippen LogP contribution in [0.4, 0.5) is 0 Å². The highest BCUT2D eigenvalue weighted by molar-refractivity contribution is 5.91. The summed E-state index contributed by atoms with van der Waals surface area (Å²) in [6.45, 7) is 7.42. The molecular formula is C18H22N2O3. The summed E-state index contributed by atoms with van der Waals surface area (Å²) in [5.41, 5.74) is 2.89. The number of aromatic amines is 1. The molecule has 1 heterocycles. The third kappa shape index (κ3) is 3.62. The number of benzene rings is 1. The normalized spacial score (nSPS) is 13.3. The number of aromatic nitrogens is 1. The van der Waals surface area contributed by atoms with Gasteiger partial charge in [0.2, 0.25) is 5.91 Å². The number of amides is 1. The van der Waals surface area contributed by atoms with Gasteiger partial charge in [-0.25, -0.2) is 4.79 Å². The largest absolute Gasteiger partial charge is 0.467 e. The SMILES string of the molecule is C=C[C@H](C)[C@@H](NC(=O)Cc1c(C)[nH]c2ccccc12)C(=O)OC. The lowest BCUT2D eigenvalue weighted by Gasteiger charge is -2.20. The molecule has 0 unspecified atom stereocenters. The van der Waals surface area contributed by atoms with E-state index in [4.69, 9.17) is 4.74 Å². The second-order valence-corrected chi connectivity index (χ2v) is 5.61. The number of nitrogens with one attached hydrogen (secondary N) is 2. The molecule has 1 aromatic carbocycles. The monoisotopic (exact) mass is 314 g/mol. The Kier molecular flexibility index (Phi) is 5.21. The van der Waals surface area contributed by atoms with Crippen LogP contribution in [-0.2, 0) is 20.7 Å². The van der Waals surface area contributed by atoms with Crippen molar-refractivity contribution in [2.45, 2.75) is 26.3 Å². The molecule has 122 valence electrons. The predicted molar refractivity (Wildman–Crippen MR) is 90.0 cm³/mol. The van der Waals surface area contributed by atoms with Gasteiger partial charge in [-0.05, 0) is 18.6 Å².